The molecule has 1 heterocycles. The molecule has 1 aromatic carbocycles. The van der Waals surface area contributed by atoms with Crippen molar-refractivity contribution < 1.29 is 15.1 Å². The van der Waals surface area contributed by atoms with Crippen LogP contribution >= 0.6 is 23.2 Å². The van der Waals surface area contributed by atoms with Gasteiger partial charge in [-0.2, -0.15) is 5.48 Å². The molecule has 5 nitrogen and oxygen atoms in total. The SMILES string of the molecule is CO[NH2+]c1ccc(N2CCN(C(=O)C(Cl)Cl)CC2)cc1. The third-order valence-corrected chi connectivity index (χ3v) is 3.66. The number of anilines is 1. The Balaban J connectivity index is 1.91. The first-order valence-corrected chi connectivity index (χ1v) is 7.27. The summed E-state index contributed by atoms with van der Waals surface area (Å²) >= 11 is 11.2. The lowest BCUT2D eigenvalue weighted by molar-refractivity contribution is -0.830. The monoisotopic (exact) mass is 318 g/mol. The van der Waals surface area contributed by atoms with Crippen LogP contribution in [0.15, 0.2) is 24.3 Å². The fraction of sp³-hybridized carbons (Fsp3) is 0.462. The van der Waals surface area contributed by atoms with Crippen LogP contribution in [0.4, 0.5) is 11.4 Å². The number of hydrogen-bond donors (Lipinski definition) is 1. The first-order valence-electron chi connectivity index (χ1n) is 6.40. The second-order valence-electron chi connectivity index (χ2n) is 4.56. The summed E-state index contributed by atoms with van der Waals surface area (Å²) in [7, 11) is 1.63. The van der Waals surface area contributed by atoms with E-state index < -0.39 is 4.84 Å². The third kappa shape index (κ3) is 3.76. The molecule has 0 aromatic heterocycles. The van der Waals surface area contributed by atoms with Gasteiger partial charge in [0, 0.05) is 44.0 Å². The lowest BCUT2D eigenvalue weighted by Gasteiger charge is -2.36. The lowest BCUT2D eigenvalue weighted by atomic mass is 10.2. The van der Waals surface area contributed by atoms with E-state index in [0.717, 1.165) is 24.5 Å². The van der Waals surface area contributed by atoms with Gasteiger partial charge < -0.3 is 9.80 Å². The molecule has 0 radical (unpaired) electrons. The normalized spacial score (nSPS) is 15.8. The van der Waals surface area contributed by atoms with Crippen molar-refractivity contribution in [1.82, 2.24) is 4.90 Å². The molecule has 2 N–H and O–H groups in total. The number of amides is 1. The molecule has 1 fully saturated rings. The minimum Gasteiger partial charge on any atom is -0.368 e. The summed E-state index contributed by atoms with van der Waals surface area (Å²) in [6.07, 6.45) is 0. The van der Waals surface area contributed by atoms with E-state index >= 15 is 0 Å². The number of carbonyl (C=O) groups is 1. The van der Waals surface area contributed by atoms with E-state index in [1.54, 1.807) is 17.5 Å². The number of carbonyl (C=O) groups excluding carboxylic acids is 1. The van der Waals surface area contributed by atoms with Gasteiger partial charge in [0.25, 0.3) is 5.91 Å². The quantitative estimate of drug-likeness (QED) is 0.510. The lowest BCUT2D eigenvalue weighted by Crippen LogP contribution is -2.75. The molecular formula is C13H18Cl2N3O2+. The summed E-state index contributed by atoms with van der Waals surface area (Å²) in [6.45, 7) is 2.83. The molecule has 0 saturated carbocycles. The molecule has 7 heteroatoms. The molecule has 1 saturated heterocycles. The third-order valence-electron chi connectivity index (χ3n) is 3.29. The van der Waals surface area contributed by atoms with E-state index in [1.165, 1.54) is 0 Å². The number of benzene rings is 1. The van der Waals surface area contributed by atoms with E-state index in [-0.39, 0.29) is 5.91 Å². The average Bonchev–Trinajstić information content (AvgIpc) is 2.48. The van der Waals surface area contributed by atoms with Crippen molar-refractivity contribution in [3.8, 4) is 0 Å². The van der Waals surface area contributed by atoms with E-state index in [1.807, 2.05) is 24.3 Å². The van der Waals surface area contributed by atoms with Crippen LogP contribution in [0.25, 0.3) is 0 Å². The van der Waals surface area contributed by atoms with E-state index in [9.17, 15) is 4.79 Å². The van der Waals surface area contributed by atoms with Crippen molar-refractivity contribution >= 4 is 40.5 Å². The second-order valence-corrected chi connectivity index (χ2v) is 5.65. The summed E-state index contributed by atoms with van der Waals surface area (Å²) in [5.74, 6) is -0.210. The fourth-order valence-corrected chi connectivity index (χ4v) is 2.50. The predicted octanol–water partition coefficient (Wildman–Crippen LogP) is 0.895. The zero-order chi connectivity index (χ0) is 14.5. The summed E-state index contributed by atoms with van der Waals surface area (Å²) < 4.78 is 0. The first-order chi connectivity index (χ1) is 9.61. The Morgan fingerprint density at radius 2 is 1.80 bits per heavy atom. The minimum atomic E-state index is -0.967. The molecule has 0 spiro atoms. The summed E-state index contributed by atoms with van der Waals surface area (Å²) in [6, 6.07) is 8.11. The average molecular weight is 319 g/mol. The van der Waals surface area contributed by atoms with Crippen LogP contribution in [-0.2, 0) is 9.63 Å². The zero-order valence-electron chi connectivity index (χ0n) is 11.3. The Kier molecular flexibility index (Phi) is 5.48. The maximum Gasteiger partial charge on any atom is 0.255 e. The number of quaternary nitrogens is 1. The molecule has 1 aromatic rings. The van der Waals surface area contributed by atoms with Crippen LogP contribution in [0.2, 0.25) is 0 Å². The van der Waals surface area contributed by atoms with Crippen LogP contribution in [0.5, 0.6) is 0 Å². The first kappa shape index (κ1) is 15.4. The van der Waals surface area contributed by atoms with E-state index in [0.29, 0.717) is 13.1 Å². The minimum absolute atomic E-state index is 0.210. The Bertz CT molecular complexity index is 445. The molecule has 20 heavy (non-hydrogen) atoms. The number of nitrogens with two attached hydrogens (primary N) is 1. The van der Waals surface area contributed by atoms with Crippen molar-refractivity contribution in [1.29, 1.82) is 0 Å². The standard InChI is InChI=1S/C13H17Cl2N3O2/c1-20-16-10-2-4-11(5-3-10)17-6-8-18(9-7-17)13(19)12(14)15/h2-5,12,16H,6-9H2,1H3/p+1. The molecule has 0 unspecified atom stereocenters. The number of nitrogens with zero attached hydrogens (tertiary/aromatic N) is 2. The summed E-state index contributed by atoms with van der Waals surface area (Å²) in [4.78, 5) is 19.6. The van der Waals surface area contributed by atoms with Gasteiger partial charge in [0.05, 0.1) is 7.11 Å². The largest absolute Gasteiger partial charge is 0.368 e. The van der Waals surface area contributed by atoms with Gasteiger partial charge in [-0.1, -0.05) is 23.2 Å². The number of rotatable bonds is 4. The summed E-state index contributed by atoms with van der Waals surface area (Å²) in [5.41, 5.74) is 3.86. The van der Waals surface area contributed by atoms with Crippen LogP contribution in [0, 0.1) is 0 Å². The highest BCUT2D eigenvalue weighted by atomic mass is 35.5. The fourth-order valence-electron chi connectivity index (χ4n) is 2.22. The van der Waals surface area contributed by atoms with Crippen molar-refractivity contribution in [3.63, 3.8) is 0 Å². The molecule has 1 aliphatic heterocycles. The maximum absolute atomic E-state index is 11.7. The number of hydrogen-bond acceptors (Lipinski definition) is 3. The zero-order valence-corrected chi connectivity index (χ0v) is 12.8. The van der Waals surface area contributed by atoms with Gasteiger partial charge in [0.2, 0.25) is 0 Å². The molecule has 1 amide bonds. The Hall–Kier alpha value is -1.01. The summed E-state index contributed by atoms with van der Waals surface area (Å²) in [5, 5.41) is 0. The van der Waals surface area contributed by atoms with Gasteiger partial charge in [-0.15, -0.1) is 0 Å². The van der Waals surface area contributed by atoms with E-state index in [2.05, 4.69) is 4.90 Å². The number of piperazine rings is 1. The molecule has 0 bridgehead atoms. The molecular weight excluding hydrogens is 301 g/mol. The highest BCUT2D eigenvalue weighted by molar-refractivity contribution is 6.53. The smallest absolute Gasteiger partial charge is 0.255 e. The van der Waals surface area contributed by atoms with Gasteiger partial charge >= 0.3 is 0 Å². The van der Waals surface area contributed by atoms with Crippen LogP contribution in [0.3, 0.4) is 0 Å². The van der Waals surface area contributed by atoms with Gasteiger partial charge in [-0.3, -0.25) is 4.79 Å². The van der Waals surface area contributed by atoms with Gasteiger partial charge in [0.1, 0.15) is 0 Å². The molecule has 0 aliphatic carbocycles. The maximum atomic E-state index is 11.7. The van der Waals surface area contributed by atoms with E-state index in [4.69, 9.17) is 28.0 Å². The predicted molar refractivity (Wildman–Crippen MR) is 79.3 cm³/mol. The van der Waals surface area contributed by atoms with Crippen LogP contribution in [-0.4, -0.2) is 48.9 Å². The number of alkyl halides is 2. The van der Waals surface area contributed by atoms with Crippen molar-refractivity contribution in [2.24, 2.45) is 0 Å². The number of halogens is 2. The Morgan fingerprint density at radius 3 is 2.30 bits per heavy atom. The molecule has 110 valence electrons. The molecule has 2 rings (SSSR count). The Labute approximate surface area is 128 Å². The van der Waals surface area contributed by atoms with Crippen molar-refractivity contribution in [3.05, 3.63) is 24.3 Å². The van der Waals surface area contributed by atoms with Gasteiger partial charge in [0.15, 0.2) is 10.5 Å². The van der Waals surface area contributed by atoms with Crippen molar-refractivity contribution in [2.45, 2.75) is 4.84 Å². The van der Waals surface area contributed by atoms with Gasteiger partial charge in [-0.05, 0) is 12.1 Å². The van der Waals surface area contributed by atoms with Crippen LogP contribution in [0.1, 0.15) is 0 Å². The highest BCUT2D eigenvalue weighted by Gasteiger charge is 2.24. The topological polar surface area (TPSA) is 49.4 Å². The van der Waals surface area contributed by atoms with Gasteiger partial charge in [-0.25, -0.2) is 4.84 Å². The Morgan fingerprint density at radius 1 is 1.20 bits per heavy atom. The second kappa shape index (κ2) is 7.13. The molecule has 0 atom stereocenters. The van der Waals surface area contributed by atoms with Crippen molar-refractivity contribution in [2.75, 3.05) is 38.2 Å². The van der Waals surface area contributed by atoms with Crippen LogP contribution < -0.4 is 10.4 Å². The highest BCUT2D eigenvalue weighted by Crippen LogP contribution is 2.18. The molecule has 1 aliphatic rings.